The highest BCUT2D eigenvalue weighted by molar-refractivity contribution is 6.48. The molecule has 198 valence electrons. The van der Waals surface area contributed by atoms with Gasteiger partial charge in [0.15, 0.2) is 0 Å². The smallest absolute Gasteiger partial charge is 0.296 e. The number of nitrogens with one attached hydrogen (secondary N) is 1. The Bertz CT molecular complexity index is 1450. The number of aromatic nitrogens is 1. The number of pyridine rings is 1. The summed E-state index contributed by atoms with van der Waals surface area (Å²) in [4.78, 5) is 33.2. The summed E-state index contributed by atoms with van der Waals surface area (Å²) in [7, 11) is 3.54. The zero-order chi connectivity index (χ0) is 26.7. The predicted octanol–water partition coefficient (Wildman–Crippen LogP) is 7.12. The minimum absolute atomic E-state index is 0. The third-order valence-corrected chi connectivity index (χ3v) is 6.61. The highest BCUT2D eigenvalue weighted by atomic mass is 16.5. The summed E-state index contributed by atoms with van der Waals surface area (Å²) in [5, 5.41) is 4.37. The maximum absolute atomic E-state index is 13.4. The number of carbonyl (C=O) groups is 2. The van der Waals surface area contributed by atoms with Crippen LogP contribution in [0.15, 0.2) is 72.9 Å². The molecule has 0 aliphatic heterocycles. The molecule has 6 heteroatoms. The minimum atomic E-state index is -0.712. The van der Waals surface area contributed by atoms with E-state index in [0.29, 0.717) is 22.4 Å². The number of ketones is 1. The molecule has 1 N–H and O–H groups in total. The Morgan fingerprint density at radius 1 is 0.974 bits per heavy atom. The van der Waals surface area contributed by atoms with Gasteiger partial charge in [0.2, 0.25) is 0 Å². The molecule has 0 saturated heterocycles. The lowest BCUT2D eigenvalue weighted by Gasteiger charge is -2.21. The highest BCUT2D eigenvalue weighted by Gasteiger charge is 2.23. The van der Waals surface area contributed by atoms with Crippen molar-refractivity contribution in [1.29, 1.82) is 0 Å². The molecule has 1 amide bonds. The molecule has 3 aromatic carbocycles. The van der Waals surface area contributed by atoms with Gasteiger partial charge in [0.05, 0.1) is 12.8 Å². The number of hydrogen-bond acceptors (Lipinski definition) is 5. The van der Waals surface area contributed by atoms with Crippen LogP contribution in [0.3, 0.4) is 0 Å². The molecule has 4 rings (SSSR count). The van der Waals surface area contributed by atoms with Crippen molar-refractivity contribution in [3.8, 4) is 16.9 Å². The fourth-order valence-corrected chi connectivity index (χ4v) is 4.26. The Labute approximate surface area is 225 Å². The van der Waals surface area contributed by atoms with E-state index in [2.05, 4.69) is 42.9 Å². The largest absolute Gasteiger partial charge is 0.495 e. The van der Waals surface area contributed by atoms with E-state index >= 15 is 0 Å². The van der Waals surface area contributed by atoms with Crippen LogP contribution >= 0.6 is 0 Å². The van der Waals surface area contributed by atoms with E-state index in [0.717, 1.165) is 34.4 Å². The number of fused-ring (bicyclic) bond motifs is 1. The average Bonchev–Trinajstić information content (AvgIpc) is 2.91. The van der Waals surface area contributed by atoms with Crippen molar-refractivity contribution in [3.05, 3.63) is 84.1 Å². The first-order valence-electron chi connectivity index (χ1n) is 12.4. The van der Waals surface area contributed by atoms with Crippen LogP contribution in [0.2, 0.25) is 0 Å². The topological polar surface area (TPSA) is 71.5 Å². The first-order valence-corrected chi connectivity index (χ1v) is 12.4. The van der Waals surface area contributed by atoms with E-state index in [4.69, 9.17) is 4.74 Å². The maximum Gasteiger partial charge on any atom is 0.296 e. The molecular weight excluding hydrogens is 474 g/mol. The van der Waals surface area contributed by atoms with Crippen LogP contribution in [0.4, 0.5) is 11.5 Å². The monoisotopic (exact) mass is 511 g/mol. The normalized spacial score (nSPS) is 11.0. The van der Waals surface area contributed by atoms with Crippen LogP contribution in [0.25, 0.3) is 21.9 Å². The van der Waals surface area contributed by atoms with Crippen molar-refractivity contribution in [3.63, 3.8) is 0 Å². The molecule has 0 atom stereocenters. The number of methoxy groups -OCH3 is 1. The Balaban J connectivity index is 0.00000400. The second-order valence-electron chi connectivity index (χ2n) is 10.1. The quantitative estimate of drug-likeness (QED) is 0.211. The van der Waals surface area contributed by atoms with Gasteiger partial charge in [-0.1, -0.05) is 64.6 Å². The molecule has 1 heterocycles. The minimum Gasteiger partial charge on any atom is -0.495 e. The van der Waals surface area contributed by atoms with Gasteiger partial charge in [0.25, 0.3) is 11.7 Å². The number of amides is 1. The van der Waals surface area contributed by atoms with Crippen molar-refractivity contribution in [2.24, 2.45) is 0 Å². The van der Waals surface area contributed by atoms with E-state index < -0.39 is 11.7 Å². The first kappa shape index (κ1) is 28.4. The fraction of sp³-hybridized carbons (Fsp3) is 0.281. The lowest BCUT2D eigenvalue weighted by atomic mass is 9.87. The van der Waals surface area contributed by atoms with Gasteiger partial charge >= 0.3 is 0 Å². The first-order chi connectivity index (χ1) is 17.6. The number of nitrogens with zero attached hydrogens (tertiary/aromatic N) is 2. The Kier molecular flexibility index (Phi) is 8.56. The molecule has 0 unspecified atom stereocenters. The second kappa shape index (κ2) is 11.5. The number of ether oxygens (including phenoxy) is 1. The van der Waals surface area contributed by atoms with E-state index in [1.165, 1.54) is 7.11 Å². The van der Waals surface area contributed by atoms with Gasteiger partial charge in [-0.2, -0.15) is 0 Å². The third kappa shape index (κ3) is 5.70. The van der Waals surface area contributed by atoms with Crippen molar-refractivity contribution in [1.82, 2.24) is 4.98 Å². The summed E-state index contributed by atoms with van der Waals surface area (Å²) in [5.41, 5.74) is 3.61. The van der Waals surface area contributed by atoms with Crippen molar-refractivity contribution >= 4 is 34.0 Å². The summed E-state index contributed by atoms with van der Waals surface area (Å²) in [6, 6.07) is 20.9. The van der Waals surface area contributed by atoms with Crippen LogP contribution in [0.5, 0.6) is 5.75 Å². The molecule has 38 heavy (non-hydrogen) atoms. The van der Waals surface area contributed by atoms with Crippen molar-refractivity contribution < 1.29 is 14.3 Å². The molecular formula is C32H37N3O3. The molecule has 0 bridgehead atoms. The molecule has 4 aromatic rings. The third-order valence-electron chi connectivity index (χ3n) is 6.61. The number of Topliss-reactive ketones (excluding diaryl/α,β-unsaturated/α-hetero) is 1. The van der Waals surface area contributed by atoms with Crippen molar-refractivity contribution in [2.75, 3.05) is 30.9 Å². The number of hydrogen-bond donors (Lipinski definition) is 1. The van der Waals surface area contributed by atoms with Crippen LogP contribution < -0.4 is 15.0 Å². The SMILES string of the molecule is C.CCN(C)c1ccc(-c2ccc(C(=O)C(=O)Nc3cc(C(C)(C)C)ccc3OC)c3ccccc23)cn1. The number of carbonyl (C=O) groups excluding carboxylic acids is 2. The van der Waals surface area contributed by atoms with E-state index in [-0.39, 0.29) is 12.8 Å². The summed E-state index contributed by atoms with van der Waals surface area (Å²) in [6.07, 6.45) is 1.84. The fourth-order valence-electron chi connectivity index (χ4n) is 4.26. The van der Waals surface area contributed by atoms with Crippen molar-refractivity contribution in [2.45, 2.75) is 40.5 Å². The van der Waals surface area contributed by atoms with Gasteiger partial charge in [-0.15, -0.1) is 0 Å². The molecule has 1 aromatic heterocycles. The van der Waals surface area contributed by atoms with Crippen LogP contribution in [-0.4, -0.2) is 37.4 Å². The van der Waals surface area contributed by atoms with Gasteiger partial charge in [0.1, 0.15) is 11.6 Å². The molecule has 0 aliphatic carbocycles. The second-order valence-corrected chi connectivity index (χ2v) is 10.1. The average molecular weight is 512 g/mol. The predicted molar refractivity (Wildman–Crippen MR) is 158 cm³/mol. The van der Waals surface area contributed by atoms with Gasteiger partial charge < -0.3 is 15.0 Å². The van der Waals surface area contributed by atoms with Crippen LogP contribution in [0, 0.1) is 0 Å². The van der Waals surface area contributed by atoms with Gasteiger partial charge in [-0.25, -0.2) is 4.98 Å². The zero-order valence-electron chi connectivity index (χ0n) is 22.3. The highest BCUT2D eigenvalue weighted by Crippen LogP contribution is 2.33. The molecule has 0 radical (unpaired) electrons. The lowest BCUT2D eigenvalue weighted by molar-refractivity contribution is -0.112. The lowest BCUT2D eigenvalue weighted by Crippen LogP contribution is -2.24. The Morgan fingerprint density at radius 2 is 1.68 bits per heavy atom. The number of rotatable bonds is 7. The van der Waals surface area contributed by atoms with Crippen LogP contribution in [-0.2, 0) is 10.2 Å². The standard InChI is InChI=1S/C31H33N3O3.CH4/c1-7-34(5)28-17-12-20(19-32-28)22-14-15-25(24-11-9-8-10-23(22)24)29(35)30(36)33-26-18-21(31(2,3)4)13-16-27(26)37-6;/h8-19H,7H2,1-6H3,(H,33,36);1H4. The van der Waals surface area contributed by atoms with E-state index in [9.17, 15) is 9.59 Å². The Morgan fingerprint density at radius 3 is 2.29 bits per heavy atom. The van der Waals surface area contributed by atoms with Crippen LogP contribution in [0.1, 0.15) is 51.0 Å². The zero-order valence-corrected chi connectivity index (χ0v) is 22.3. The van der Waals surface area contributed by atoms with Gasteiger partial charge in [0, 0.05) is 30.9 Å². The molecule has 0 fully saturated rings. The molecule has 0 aliphatic rings. The number of anilines is 2. The Hall–Kier alpha value is -4.19. The van der Waals surface area contributed by atoms with E-state index in [1.54, 1.807) is 6.07 Å². The molecule has 0 spiro atoms. The molecule has 6 nitrogen and oxygen atoms in total. The van der Waals surface area contributed by atoms with Gasteiger partial charge in [-0.3, -0.25) is 9.59 Å². The van der Waals surface area contributed by atoms with Gasteiger partial charge in [-0.05, 0) is 64.6 Å². The van der Waals surface area contributed by atoms with E-state index in [1.807, 2.05) is 73.9 Å². The summed E-state index contributed by atoms with van der Waals surface area (Å²) < 4.78 is 5.43. The summed E-state index contributed by atoms with van der Waals surface area (Å²) in [6.45, 7) is 9.20. The summed E-state index contributed by atoms with van der Waals surface area (Å²) in [5.74, 6) is 0.0731. The number of benzene rings is 3. The molecule has 0 saturated carbocycles. The summed E-state index contributed by atoms with van der Waals surface area (Å²) >= 11 is 0. The maximum atomic E-state index is 13.4.